The van der Waals surface area contributed by atoms with Crippen molar-refractivity contribution in [2.24, 2.45) is 0 Å². The second-order valence-corrected chi connectivity index (χ2v) is 7.83. The number of carbonyl (C=O) groups is 1. The van der Waals surface area contributed by atoms with Crippen LogP contribution in [0.25, 0.3) is 16.7 Å². The largest absolute Gasteiger partial charge is 0.481 e. The molecule has 0 radical (unpaired) electrons. The Labute approximate surface area is 171 Å². The van der Waals surface area contributed by atoms with Crippen LogP contribution in [0.4, 0.5) is 5.69 Å². The van der Waals surface area contributed by atoms with E-state index in [0.29, 0.717) is 27.7 Å². The first-order chi connectivity index (χ1) is 13.8. The molecule has 1 unspecified atom stereocenters. The molecule has 0 bridgehead atoms. The third kappa shape index (κ3) is 5.00. The van der Waals surface area contributed by atoms with Crippen LogP contribution in [0.5, 0.6) is 0 Å². The van der Waals surface area contributed by atoms with E-state index >= 15 is 0 Å². The van der Waals surface area contributed by atoms with E-state index in [1.54, 1.807) is 32.3 Å². The molecular formula is C22H22N2O4S. The van der Waals surface area contributed by atoms with Crippen LogP contribution in [0.3, 0.4) is 0 Å². The van der Waals surface area contributed by atoms with Gasteiger partial charge in [-0.3, -0.25) is 9.78 Å². The molecule has 3 rings (SSSR count). The monoisotopic (exact) mass is 410 g/mol. The van der Waals surface area contributed by atoms with Gasteiger partial charge in [-0.15, -0.1) is 0 Å². The zero-order chi connectivity index (χ0) is 21.0. The Bertz CT molecular complexity index is 1070. The van der Waals surface area contributed by atoms with Gasteiger partial charge in [-0.25, -0.2) is 4.21 Å². The van der Waals surface area contributed by atoms with Gasteiger partial charge in [0.1, 0.15) is 16.4 Å². The summed E-state index contributed by atoms with van der Waals surface area (Å²) in [6.07, 6.45) is 3.71. The van der Waals surface area contributed by atoms with Gasteiger partial charge >= 0.3 is 5.97 Å². The van der Waals surface area contributed by atoms with Gasteiger partial charge in [0, 0.05) is 29.9 Å². The molecule has 0 amide bonds. The fourth-order valence-corrected chi connectivity index (χ4v) is 4.04. The standard InChI is InChI=1S/C22H22N2O4S/c1-14(6-9-22(25)26)19-12-17(18-5-4-10-23-13-18)7-8-20(19)24-29(27)21-11-15(2)28-16(21)3/h4-5,7-8,10-13,24H,1,6,9H2,2-3H3,(H,25,26). The van der Waals surface area contributed by atoms with E-state index in [4.69, 9.17) is 9.52 Å². The molecule has 0 saturated heterocycles. The summed E-state index contributed by atoms with van der Waals surface area (Å²) in [5.74, 6) is 0.384. The maximum absolute atomic E-state index is 12.9. The lowest BCUT2D eigenvalue weighted by Crippen LogP contribution is -2.07. The molecule has 0 aliphatic rings. The highest BCUT2D eigenvalue weighted by atomic mass is 32.2. The van der Waals surface area contributed by atoms with Crippen molar-refractivity contribution in [1.29, 1.82) is 0 Å². The lowest BCUT2D eigenvalue weighted by atomic mass is 9.96. The Kier molecular flexibility index (Phi) is 6.29. The summed E-state index contributed by atoms with van der Waals surface area (Å²) < 4.78 is 21.3. The summed E-state index contributed by atoms with van der Waals surface area (Å²) in [6.45, 7) is 7.62. The van der Waals surface area contributed by atoms with Crippen molar-refractivity contribution in [1.82, 2.24) is 4.98 Å². The minimum Gasteiger partial charge on any atom is -0.481 e. The van der Waals surface area contributed by atoms with Gasteiger partial charge in [0.2, 0.25) is 0 Å². The minimum absolute atomic E-state index is 0.0292. The zero-order valence-electron chi connectivity index (χ0n) is 16.3. The number of aromatic nitrogens is 1. The van der Waals surface area contributed by atoms with Crippen molar-refractivity contribution in [2.45, 2.75) is 31.6 Å². The summed E-state index contributed by atoms with van der Waals surface area (Å²) in [5.41, 5.74) is 3.83. The van der Waals surface area contributed by atoms with E-state index in [0.717, 1.165) is 16.7 Å². The number of benzene rings is 1. The number of nitrogens with zero attached hydrogens (tertiary/aromatic N) is 1. The maximum atomic E-state index is 12.9. The fourth-order valence-electron chi connectivity index (χ4n) is 2.98. The molecule has 0 fully saturated rings. The first kappa shape index (κ1) is 20.5. The average Bonchev–Trinajstić information content (AvgIpc) is 3.05. The number of nitrogens with one attached hydrogen (secondary N) is 1. The molecule has 0 saturated carbocycles. The lowest BCUT2D eigenvalue weighted by molar-refractivity contribution is -0.136. The number of rotatable bonds is 8. The molecule has 7 heteroatoms. The molecule has 2 heterocycles. The minimum atomic E-state index is -1.53. The molecule has 0 spiro atoms. The predicted octanol–water partition coefficient (Wildman–Crippen LogP) is 4.97. The topological polar surface area (TPSA) is 92.4 Å². The van der Waals surface area contributed by atoms with Gasteiger partial charge in [-0.2, -0.15) is 0 Å². The van der Waals surface area contributed by atoms with Crippen molar-refractivity contribution >= 4 is 28.2 Å². The second-order valence-electron chi connectivity index (χ2n) is 6.65. The quantitative estimate of drug-likeness (QED) is 0.547. The smallest absolute Gasteiger partial charge is 0.303 e. The third-order valence-electron chi connectivity index (χ3n) is 4.43. The number of allylic oxidation sites excluding steroid dienone is 1. The molecule has 0 aliphatic carbocycles. The van der Waals surface area contributed by atoms with Crippen LogP contribution in [0, 0.1) is 13.8 Å². The number of aryl methyl sites for hydroxylation is 2. The molecule has 1 aromatic carbocycles. The Morgan fingerprint density at radius 2 is 2.00 bits per heavy atom. The van der Waals surface area contributed by atoms with E-state index in [1.165, 1.54) is 0 Å². The molecule has 150 valence electrons. The number of furan rings is 1. The van der Waals surface area contributed by atoms with E-state index in [1.807, 2.05) is 30.3 Å². The predicted molar refractivity (Wildman–Crippen MR) is 114 cm³/mol. The number of carboxylic acids is 1. The van der Waals surface area contributed by atoms with Gasteiger partial charge in [0.05, 0.1) is 5.69 Å². The molecule has 0 aliphatic heterocycles. The van der Waals surface area contributed by atoms with Gasteiger partial charge in [0.15, 0.2) is 11.0 Å². The van der Waals surface area contributed by atoms with Crippen LogP contribution in [0.2, 0.25) is 0 Å². The number of hydrogen-bond acceptors (Lipinski definition) is 4. The van der Waals surface area contributed by atoms with Gasteiger partial charge in [0.25, 0.3) is 0 Å². The van der Waals surface area contributed by atoms with Gasteiger partial charge in [-0.05, 0) is 55.7 Å². The Morgan fingerprint density at radius 1 is 1.21 bits per heavy atom. The first-order valence-electron chi connectivity index (χ1n) is 9.05. The highest BCUT2D eigenvalue weighted by molar-refractivity contribution is 7.86. The number of anilines is 1. The van der Waals surface area contributed by atoms with Crippen LogP contribution < -0.4 is 4.72 Å². The summed E-state index contributed by atoms with van der Waals surface area (Å²) in [4.78, 5) is 15.7. The van der Waals surface area contributed by atoms with Crippen LogP contribution in [-0.4, -0.2) is 20.3 Å². The van der Waals surface area contributed by atoms with Crippen molar-refractivity contribution in [2.75, 3.05) is 4.72 Å². The van der Waals surface area contributed by atoms with Crippen molar-refractivity contribution in [3.63, 3.8) is 0 Å². The summed E-state index contributed by atoms with van der Waals surface area (Å²) in [7, 11) is -1.53. The second kappa shape index (κ2) is 8.87. The Balaban J connectivity index is 1.96. The van der Waals surface area contributed by atoms with Crippen LogP contribution in [0.15, 0.2) is 64.7 Å². The highest BCUT2D eigenvalue weighted by Crippen LogP contribution is 2.32. The normalized spacial score (nSPS) is 11.8. The Hall–Kier alpha value is -3.19. The highest BCUT2D eigenvalue weighted by Gasteiger charge is 2.16. The lowest BCUT2D eigenvalue weighted by Gasteiger charge is -2.15. The number of carboxylic acid groups (broad SMARTS) is 1. The molecule has 6 nitrogen and oxygen atoms in total. The molecule has 2 aromatic heterocycles. The summed E-state index contributed by atoms with van der Waals surface area (Å²) >= 11 is 0. The van der Waals surface area contributed by atoms with Crippen LogP contribution in [0.1, 0.15) is 29.9 Å². The van der Waals surface area contributed by atoms with Crippen molar-refractivity contribution in [3.05, 3.63) is 72.5 Å². The average molecular weight is 410 g/mol. The van der Waals surface area contributed by atoms with Gasteiger partial charge in [-0.1, -0.05) is 18.7 Å². The molecule has 29 heavy (non-hydrogen) atoms. The third-order valence-corrected chi connectivity index (χ3v) is 5.64. The van der Waals surface area contributed by atoms with E-state index in [9.17, 15) is 9.00 Å². The molecular weight excluding hydrogens is 388 g/mol. The Morgan fingerprint density at radius 3 is 2.62 bits per heavy atom. The van der Waals surface area contributed by atoms with Crippen LogP contribution >= 0.6 is 0 Å². The summed E-state index contributed by atoms with van der Waals surface area (Å²) in [6, 6.07) is 11.2. The van der Waals surface area contributed by atoms with E-state index in [2.05, 4.69) is 16.3 Å². The molecule has 3 aromatic rings. The van der Waals surface area contributed by atoms with E-state index < -0.39 is 17.0 Å². The van der Waals surface area contributed by atoms with Crippen molar-refractivity contribution < 1.29 is 18.5 Å². The molecule has 2 N–H and O–H groups in total. The number of aliphatic carboxylic acids is 1. The summed E-state index contributed by atoms with van der Waals surface area (Å²) in [5, 5.41) is 9.01. The number of hydrogen-bond donors (Lipinski definition) is 2. The van der Waals surface area contributed by atoms with E-state index in [-0.39, 0.29) is 12.8 Å². The zero-order valence-corrected chi connectivity index (χ0v) is 17.1. The van der Waals surface area contributed by atoms with Crippen molar-refractivity contribution in [3.8, 4) is 11.1 Å². The maximum Gasteiger partial charge on any atom is 0.303 e. The van der Waals surface area contributed by atoms with Crippen LogP contribution in [-0.2, 0) is 15.8 Å². The molecule has 1 atom stereocenters. The first-order valence-corrected chi connectivity index (χ1v) is 10.2. The SMILES string of the molecule is C=C(CCC(=O)O)c1cc(-c2cccnc2)ccc1NS(=O)c1cc(C)oc1C. The van der Waals surface area contributed by atoms with Gasteiger partial charge < -0.3 is 14.2 Å². The number of pyridine rings is 1. The fraction of sp³-hybridized carbons (Fsp3) is 0.182.